The van der Waals surface area contributed by atoms with Gasteiger partial charge in [-0.25, -0.2) is 17.6 Å². The minimum atomic E-state index is -4.25. The highest BCUT2D eigenvalue weighted by molar-refractivity contribution is 7.93. The number of hydrogen-bond donors (Lipinski definition) is 1. The molecule has 0 bridgehead atoms. The second kappa shape index (κ2) is 8.37. The summed E-state index contributed by atoms with van der Waals surface area (Å²) in [5, 5.41) is 0.530. The van der Waals surface area contributed by atoms with Crippen molar-refractivity contribution in [3.05, 3.63) is 84.8 Å². The molecular weight excluding hydrogens is 443 g/mol. The van der Waals surface area contributed by atoms with Gasteiger partial charge in [0.15, 0.2) is 0 Å². The van der Waals surface area contributed by atoms with E-state index in [0.717, 1.165) is 10.1 Å². The molecule has 0 aliphatic heterocycles. The fraction of sp³-hybridized carbons (Fsp3) is 0.160. The lowest BCUT2D eigenvalue weighted by Crippen LogP contribution is -2.27. The summed E-state index contributed by atoms with van der Waals surface area (Å²) < 4.78 is 50.1. The van der Waals surface area contributed by atoms with Gasteiger partial charge < -0.3 is 4.74 Å². The molecule has 0 aliphatic rings. The van der Waals surface area contributed by atoms with Crippen molar-refractivity contribution in [1.82, 2.24) is 4.57 Å². The van der Waals surface area contributed by atoms with Crippen LogP contribution in [0.15, 0.2) is 83.9 Å². The van der Waals surface area contributed by atoms with Crippen LogP contribution in [-0.2, 0) is 14.8 Å². The Balaban J connectivity index is 1.77. The van der Waals surface area contributed by atoms with Gasteiger partial charge in [0, 0.05) is 11.6 Å². The van der Waals surface area contributed by atoms with Gasteiger partial charge in [-0.3, -0.25) is 9.29 Å². The summed E-state index contributed by atoms with van der Waals surface area (Å²) >= 11 is 0. The molecule has 0 amide bonds. The van der Waals surface area contributed by atoms with Crippen molar-refractivity contribution in [3.8, 4) is 11.1 Å². The minimum Gasteiger partial charge on any atom is -0.443 e. The van der Waals surface area contributed by atoms with Crippen LogP contribution in [-0.4, -0.2) is 24.7 Å². The number of carbonyl (C=O) groups excluding carboxylic acids is 1. The Morgan fingerprint density at radius 2 is 1.67 bits per heavy atom. The third-order valence-corrected chi connectivity index (χ3v) is 6.27. The van der Waals surface area contributed by atoms with Crippen LogP contribution in [0.1, 0.15) is 20.8 Å². The molecule has 170 valence electrons. The molecule has 4 rings (SSSR count). The zero-order valence-corrected chi connectivity index (χ0v) is 19.2. The molecule has 0 radical (unpaired) electrons. The van der Waals surface area contributed by atoms with Crippen molar-refractivity contribution in [2.45, 2.75) is 31.3 Å². The van der Waals surface area contributed by atoms with Gasteiger partial charge in [-0.15, -0.1) is 0 Å². The van der Waals surface area contributed by atoms with Gasteiger partial charge >= 0.3 is 6.09 Å². The Morgan fingerprint density at radius 1 is 0.939 bits per heavy atom. The highest BCUT2D eigenvalue weighted by Gasteiger charge is 2.25. The summed E-state index contributed by atoms with van der Waals surface area (Å²) in [4.78, 5) is 12.5. The molecule has 0 spiro atoms. The smallest absolute Gasteiger partial charge is 0.419 e. The number of rotatable bonds is 4. The van der Waals surface area contributed by atoms with E-state index in [1.807, 2.05) is 30.3 Å². The van der Waals surface area contributed by atoms with Crippen LogP contribution in [0.25, 0.3) is 22.0 Å². The molecule has 0 fully saturated rings. The van der Waals surface area contributed by atoms with Gasteiger partial charge in [0.2, 0.25) is 0 Å². The number of carbonyl (C=O) groups is 1. The number of fused-ring (bicyclic) bond motifs is 1. The van der Waals surface area contributed by atoms with Crippen LogP contribution in [0.5, 0.6) is 0 Å². The molecule has 0 atom stereocenters. The maximum Gasteiger partial charge on any atom is 0.419 e. The second-order valence-corrected chi connectivity index (χ2v) is 10.2. The van der Waals surface area contributed by atoms with Crippen molar-refractivity contribution in [3.63, 3.8) is 0 Å². The first-order valence-electron chi connectivity index (χ1n) is 10.3. The molecule has 4 aromatic rings. The number of anilines is 1. The quantitative estimate of drug-likeness (QED) is 0.398. The van der Waals surface area contributed by atoms with Gasteiger partial charge in [0.1, 0.15) is 16.3 Å². The fourth-order valence-corrected chi connectivity index (χ4v) is 4.74. The number of benzene rings is 3. The van der Waals surface area contributed by atoms with E-state index >= 15 is 0 Å². The van der Waals surface area contributed by atoms with Crippen molar-refractivity contribution >= 4 is 32.7 Å². The second-order valence-electron chi connectivity index (χ2n) is 8.53. The van der Waals surface area contributed by atoms with Crippen LogP contribution >= 0.6 is 0 Å². The van der Waals surface area contributed by atoms with Crippen LogP contribution < -0.4 is 4.72 Å². The van der Waals surface area contributed by atoms with Gasteiger partial charge in [-0.2, -0.15) is 0 Å². The monoisotopic (exact) mass is 466 g/mol. The fourth-order valence-electron chi connectivity index (χ4n) is 3.45. The normalized spacial score (nSPS) is 12.0. The number of para-hydroxylation sites is 1. The lowest BCUT2D eigenvalue weighted by atomic mass is 10.1. The van der Waals surface area contributed by atoms with Gasteiger partial charge in [-0.05, 0) is 56.2 Å². The van der Waals surface area contributed by atoms with Crippen molar-refractivity contribution in [2.24, 2.45) is 0 Å². The first kappa shape index (κ1) is 22.5. The van der Waals surface area contributed by atoms with E-state index in [1.54, 1.807) is 45.0 Å². The molecule has 0 unspecified atom stereocenters. The molecular formula is C25H23FN2O4S. The van der Waals surface area contributed by atoms with Gasteiger partial charge in [-0.1, -0.05) is 48.5 Å². The number of hydrogen-bond acceptors (Lipinski definition) is 4. The Labute approximate surface area is 191 Å². The maximum atomic E-state index is 14.6. The SMILES string of the molecule is CC(C)(C)OC(=O)n1ccc2cccc(S(=O)(=O)Nc3cc(-c4ccccc4)ccc3F)c21. The number of sulfonamides is 1. The van der Waals surface area contributed by atoms with Crippen LogP contribution in [0.3, 0.4) is 0 Å². The molecule has 3 aromatic carbocycles. The van der Waals surface area contributed by atoms with Gasteiger partial charge in [0.05, 0.1) is 11.2 Å². The molecule has 0 aliphatic carbocycles. The summed E-state index contributed by atoms with van der Waals surface area (Å²) in [5.41, 5.74) is 0.673. The molecule has 0 saturated carbocycles. The summed E-state index contributed by atoms with van der Waals surface area (Å²) in [6.07, 6.45) is 0.742. The predicted molar refractivity (Wildman–Crippen MR) is 126 cm³/mol. The van der Waals surface area contributed by atoms with E-state index in [0.29, 0.717) is 10.9 Å². The average molecular weight is 467 g/mol. The summed E-state index contributed by atoms with van der Waals surface area (Å²) in [6.45, 7) is 5.16. The molecule has 1 heterocycles. The highest BCUT2D eigenvalue weighted by Crippen LogP contribution is 2.30. The third kappa shape index (κ3) is 4.75. The van der Waals surface area contributed by atoms with Crippen LogP contribution in [0.2, 0.25) is 0 Å². The van der Waals surface area contributed by atoms with Crippen molar-refractivity contribution < 1.29 is 22.3 Å². The summed E-state index contributed by atoms with van der Waals surface area (Å²) in [6, 6.07) is 19.7. The molecule has 0 saturated heterocycles. The Morgan fingerprint density at radius 3 is 2.36 bits per heavy atom. The number of nitrogens with zero attached hydrogens (tertiary/aromatic N) is 1. The number of nitrogens with one attached hydrogen (secondary N) is 1. The first-order valence-corrected chi connectivity index (χ1v) is 11.7. The number of halogens is 1. The maximum absolute atomic E-state index is 14.6. The lowest BCUT2D eigenvalue weighted by molar-refractivity contribution is 0.0544. The van der Waals surface area contributed by atoms with E-state index in [9.17, 15) is 17.6 Å². The lowest BCUT2D eigenvalue weighted by Gasteiger charge is -2.20. The third-order valence-electron chi connectivity index (χ3n) is 4.87. The van der Waals surface area contributed by atoms with E-state index in [-0.39, 0.29) is 16.1 Å². The molecule has 1 N–H and O–H groups in total. The number of ether oxygens (including phenoxy) is 1. The topological polar surface area (TPSA) is 77.4 Å². The zero-order chi connectivity index (χ0) is 23.8. The van der Waals surface area contributed by atoms with E-state index in [4.69, 9.17) is 4.74 Å². The minimum absolute atomic E-state index is 0.152. The zero-order valence-electron chi connectivity index (χ0n) is 18.4. The highest BCUT2D eigenvalue weighted by atomic mass is 32.2. The molecule has 33 heavy (non-hydrogen) atoms. The molecule has 8 heteroatoms. The average Bonchev–Trinajstić information content (AvgIpc) is 3.19. The van der Waals surface area contributed by atoms with Crippen molar-refractivity contribution in [1.29, 1.82) is 0 Å². The Kier molecular flexibility index (Phi) is 5.71. The largest absolute Gasteiger partial charge is 0.443 e. The molecule has 6 nitrogen and oxygen atoms in total. The van der Waals surface area contributed by atoms with Crippen LogP contribution in [0, 0.1) is 5.82 Å². The summed E-state index contributed by atoms with van der Waals surface area (Å²) in [7, 11) is -4.25. The molecule has 1 aromatic heterocycles. The number of aromatic nitrogens is 1. The standard InChI is InChI=1S/C25H23FN2O4S/c1-25(2,3)32-24(29)28-15-14-18-10-7-11-22(23(18)28)33(30,31)27-21-16-19(12-13-20(21)26)17-8-5-4-6-9-17/h4-16,27H,1-3H3. The summed E-state index contributed by atoms with van der Waals surface area (Å²) in [5.74, 6) is -0.715. The van der Waals surface area contributed by atoms with Crippen molar-refractivity contribution in [2.75, 3.05) is 4.72 Å². The van der Waals surface area contributed by atoms with Crippen LogP contribution in [0.4, 0.5) is 14.9 Å². The van der Waals surface area contributed by atoms with E-state index < -0.39 is 27.5 Å². The Hall–Kier alpha value is -3.65. The van der Waals surface area contributed by atoms with Gasteiger partial charge in [0.25, 0.3) is 10.0 Å². The first-order chi connectivity index (χ1) is 15.5. The van der Waals surface area contributed by atoms with E-state index in [1.165, 1.54) is 24.4 Å². The predicted octanol–water partition coefficient (Wildman–Crippen LogP) is 6.03. The Bertz CT molecular complexity index is 1440. The van der Waals surface area contributed by atoms with E-state index in [2.05, 4.69) is 4.72 Å².